The van der Waals surface area contributed by atoms with E-state index < -0.39 is 10.8 Å². The summed E-state index contributed by atoms with van der Waals surface area (Å²) in [5.41, 5.74) is 3.14. The number of nitro groups is 1. The zero-order chi connectivity index (χ0) is 18.2. The second kappa shape index (κ2) is 8.34. The summed E-state index contributed by atoms with van der Waals surface area (Å²) in [5.74, 6) is 0.409. The zero-order valence-electron chi connectivity index (χ0n) is 13.7. The summed E-state index contributed by atoms with van der Waals surface area (Å²) in [6.07, 6.45) is 4.41. The predicted molar refractivity (Wildman–Crippen MR) is 94.5 cm³/mol. The van der Waals surface area contributed by atoms with E-state index >= 15 is 0 Å². The van der Waals surface area contributed by atoms with Gasteiger partial charge in [0, 0.05) is 23.9 Å². The number of hydrazone groups is 1. The number of benzene rings is 1. The van der Waals surface area contributed by atoms with E-state index in [1.807, 2.05) is 0 Å². The van der Waals surface area contributed by atoms with Crippen LogP contribution in [0.4, 0.5) is 5.69 Å². The number of aliphatic imine (C=N–C) groups is 1. The van der Waals surface area contributed by atoms with Crippen molar-refractivity contribution in [1.29, 1.82) is 0 Å². The zero-order valence-corrected chi connectivity index (χ0v) is 13.7. The Labute approximate surface area is 143 Å². The van der Waals surface area contributed by atoms with Gasteiger partial charge in [0.15, 0.2) is 0 Å². The Morgan fingerprint density at radius 2 is 2.08 bits per heavy atom. The number of amides is 1. The first kappa shape index (κ1) is 17.8. The highest BCUT2D eigenvalue weighted by molar-refractivity contribution is 5.94. The monoisotopic (exact) mass is 340 g/mol. The van der Waals surface area contributed by atoms with Gasteiger partial charge in [-0.2, -0.15) is 5.10 Å². The van der Waals surface area contributed by atoms with Gasteiger partial charge in [-0.1, -0.05) is 18.2 Å². The third-order valence-electron chi connectivity index (χ3n) is 3.10. The van der Waals surface area contributed by atoms with Crippen molar-refractivity contribution in [2.45, 2.75) is 13.8 Å². The lowest BCUT2D eigenvalue weighted by atomic mass is 10.1. The van der Waals surface area contributed by atoms with Gasteiger partial charge < -0.3 is 4.42 Å². The predicted octanol–water partition coefficient (Wildman–Crippen LogP) is 3.30. The number of hydrogen-bond donors (Lipinski definition) is 1. The van der Waals surface area contributed by atoms with Gasteiger partial charge in [0.2, 0.25) is 0 Å². The van der Waals surface area contributed by atoms with E-state index in [9.17, 15) is 14.9 Å². The van der Waals surface area contributed by atoms with Gasteiger partial charge in [-0.05, 0) is 26.0 Å². The molecule has 25 heavy (non-hydrogen) atoms. The van der Waals surface area contributed by atoms with Crippen molar-refractivity contribution < 1.29 is 14.1 Å². The van der Waals surface area contributed by atoms with Gasteiger partial charge in [0.1, 0.15) is 17.2 Å². The minimum Gasteiger partial charge on any atom is -0.455 e. The molecule has 0 unspecified atom stereocenters. The largest absolute Gasteiger partial charge is 0.455 e. The maximum Gasteiger partial charge on any atom is 0.289 e. The van der Waals surface area contributed by atoms with Crippen LogP contribution in [0, 0.1) is 10.1 Å². The fourth-order valence-corrected chi connectivity index (χ4v) is 1.97. The molecule has 2 aromatic rings. The Morgan fingerprint density at radius 3 is 2.76 bits per heavy atom. The molecule has 0 saturated heterocycles. The van der Waals surface area contributed by atoms with Crippen molar-refractivity contribution >= 4 is 24.0 Å². The second-order valence-corrected chi connectivity index (χ2v) is 4.77. The summed E-state index contributed by atoms with van der Waals surface area (Å²) in [6.45, 7) is 3.40. The summed E-state index contributed by atoms with van der Waals surface area (Å²) >= 11 is 0. The first-order chi connectivity index (χ1) is 12.0. The van der Waals surface area contributed by atoms with Gasteiger partial charge >= 0.3 is 0 Å². The molecule has 1 amide bonds. The Morgan fingerprint density at radius 1 is 1.28 bits per heavy atom. The summed E-state index contributed by atoms with van der Waals surface area (Å²) in [5, 5.41) is 14.6. The fourth-order valence-electron chi connectivity index (χ4n) is 1.97. The molecule has 8 heteroatoms. The van der Waals surface area contributed by atoms with Crippen LogP contribution in [0.1, 0.15) is 19.6 Å². The number of nitro benzene ring substituents is 1. The third kappa shape index (κ3) is 4.71. The quantitative estimate of drug-likeness (QED) is 0.376. The first-order valence-corrected chi connectivity index (χ1v) is 7.38. The van der Waals surface area contributed by atoms with Crippen molar-refractivity contribution in [2.24, 2.45) is 10.1 Å². The Bertz CT molecular complexity index is 865. The van der Waals surface area contributed by atoms with Gasteiger partial charge in [0.25, 0.3) is 11.6 Å². The lowest BCUT2D eigenvalue weighted by Crippen LogP contribution is -2.18. The topological polar surface area (TPSA) is 110 Å². The van der Waals surface area contributed by atoms with Gasteiger partial charge in [0.05, 0.1) is 11.1 Å². The summed E-state index contributed by atoms with van der Waals surface area (Å²) in [7, 11) is 0. The number of nitrogens with zero attached hydrogens (tertiary/aromatic N) is 3. The Balaban J connectivity index is 2.08. The smallest absolute Gasteiger partial charge is 0.289 e. The van der Waals surface area contributed by atoms with Crippen molar-refractivity contribution in [3.8, 4) is 11.3 Å². The number of carbonyl (C=O) groups is 1. The molecule has 0 fully saturated rings. The lowest BCUT2D eigenvalue weighted by molar-refractivity contribution is -0.384. The second-order valence-electron chi connectivity index (χ2n) is 4.77. The van der Waals surface area contributed by atoms with E-state index in [-0.39, 0.29) is 11.4 Å². The molecule has 0 radical (unpaired) electrons. The van der Waals surface area contributed by atoms with E-state index in [0.29, 0.717) is 17.1 Å². The third-order valence-corrected chi connectivity index (χ3v) is 3.10. The summed E-state index contributed by atoms with van der Waals surface area (Å²) < 4.78 is 5.55. The normalized spacial score (nSPS) is 12.0. The maximum absolute atomic E-state index is 11.8. The highest BCUT2D eigenvalue weighted by atomic mass is 16.6. The van der Waals surface area contributed by atoms with Crippen molar-refractivity contribution in [3.63, 3.8) is 0 Å². The van der Waals surface area contributed by atoms with Gasteiger partial charge in [-0.3, -0.25) is 19.9 Å². The van der Waals surface area contributed by atoms with Crippen LogP contribution in [0.15, 0.2) is 62.7 Å². The molecule has 1 aromatic heterocycles. The van der Waals surface area contributed by atoms with Crippen LogP contribution in [-0.4, -0.2) is 23.3 Å². The fraction of sp³-hybridized carbons (Fsp3) is 0.118. The number of rotatable bonds is 6. The Hall–Kier alpha value is -3.55. The van der Waals surface area contributed by atoms with Crippen LogP contribution in [0.2, 0.25) is 0 Å². The number of nitrogens with one attached hydrogen (secondary N) is 1. The number of non-ortho nitro benzene ring substituents is 1. The minimum absolute atomic E-state index is 0.0215. The average Bonchev–Trinajstić information content (AvgIpc) is 3.08. The molecular weight excluding hydrogens is 324 g/mol. The van der Waals surface area contributed by atoms with Crippen LogP contribution in [0.25, 0.3) is 11.3 Å². The van der Waals surface area contributed by atoms with Gasteiger partial charge in [-0.15, -0.1) is 0 Å². The molecule has 2 rings (SSSR count). The molecule has 0 spiro atoms. The number of furan rings is 1. The van der Waals surface area contributed by atoms with Crippen molar-refractivity contribution in [1.82, 2.24) is 5.43 Å². The summed E-state index contributed by atoms with van der Waals surface area (Å²) in [4.78, 5) is 26.0. The maximum atomic E-state index is 11.8. The molecular formula is C17H16N4O4. The van der Waals surface area contributed by atoms with E-state index in [1.54, 1.807) is 44.2 Å². The van der Waals surface area contributed by atoms with E-state index in [0.717, 1.165) is 0 Å². The van der Waals surface area contributed by atoms with Crippen molar-refractivity contribution in [3.05, 3.63) is 64.0 Å². The van der Waals surface area contributed by atoms with Gasteiger partial charge in [-0.25, -0.2) is 5.43 Å². The molecule has 0 bridgehead atoms. The van der Waals surface area contributed by atoms with E-state index in [1.165, 1.54) is 24.6 Å². The highest BCUT2D eigenvalue weighted by Gasteiger charge is 2.10. The minimum atomic E-state index is -0.470. The summed E-state index contributed by atoms with van der Waals surface area (Å²) in [6, 6.07) is 9.42. The first-order valence-electron chi connectivity index (χ1n) is 7.38. The molecule has 0 aliphatic rings. The molecule has 0 aliphatic carbocycles. The highest BCUT2D eigenvalue weighted by Crippen LogP contribution is 2.25. The number of hydrogen-bond acceptors (Lipinski definition) is 6. The molecule has 0 atom stereocenters. The number of allylic oxidation sites excluding steroid dienone is 1. The standard InChI is InChI=1S/C17H16N4O4/c1-3-15(18-4-2)17(22)20-19-11-14-8-9-16(25-14)12-6-5-7-13(10-12)21(23)24/h3-11H,1-2H3,(H,20,22)/b15-3-,18-4?,19-11+. The number of carbonyl (C=O) groups excluding carboxylic acids is 1. The Kier molecular flexibility index (Phi) is 5.94. The molecule has 1 N–H and O–H groups in total. The average molecular weight is 340 g/mol. The van der Waals surface area contributed by atoms with E-state index in [4.69, 9.17) is 4.42 Å². The molecule has 8 nitrogen and oxygen atoms in total. The lowest BCUT2D eigenvalue weighted by Gasteiger charge is -1.98. The van der Waals surface area contributed by atoms with E-state index in [2.05, 4.69) is 15.5 Å². The molecule has 0 saturated carbocycles. The molecule has 1 heterocycles. The van der Waals surface area contributed by atoms with Crippen LogP contribution in [-0.2, 0) is 4.79 Å². The van der Waals surface area contributed by atoms with Crippen LogP contribution in [0.3, 0.4) is 0 Å². The van der Waals surface area contributed by atoms with Crippen LogP contribution >= 0.6 is 0 Å². The SMILES string of the molecule is CC=N/C(=C\C)C(=O)N/N=C/c1ccc(-c2cccc([N+](=O)[O-])c2)o1. The van der Waals surface area contributed by atoms with Crippen molar-refractivity contribution in [2.75, 3.05) is 0 Å². The molecule has 0 aliphatic heterocycles. The van der Waals surface area contributed by atoms with Crippen LogP contribution < -0.4 is 5.43 Å². The molecule has 128 valence electrons. The van der Waals surface area contributed by atoms with Crippen LogP contribution in [0.5, 0.6) is 0 Å². The molecule has 1 aromatic carbocycles.